The summed E-state index contributed by atoms with van der Waals surface area (Å²) < 4.78 is 0. The SMILES string of the molecule is O=C1C=C2CCCC2(CCCBr)C1. The van der Waals surface area contributed by atoms with Crippen LogP contribution in [0.4, 0.5) is 0 Å². The molecule has 0 heterocycles. The van der Waals surface area contributed by atoms with Crippen molar-refractivity contribution in [3.05, 3.63) is 11.6 Å². The van der Waals surface area contributed by atoms with Gasteiger partial charge in [-0.1, -0.05) is 21.5 Å². The fourth-order valence-electron chi connectivity index (χ4n) is 2.83. The molecule has 1 saturated carbocycles. The van der Waals surface area contributed by atoms with Gasteiger partial charge in [-0.3, -0.25) is 4.79 Å². The van der Waals surface area contributed by atoms with E-state index in [4.69, 9.17) is 0 Å². The Morgan fingerprint density at radius 2 is 2.38 bits per heavy atom. The molecule has 13 heavy (non-hydrogen) atoms. The van der Waals surface area contributed by atoms with Gasteiger partial charge in [0.25, 0.3) is 0 Å². The number of fused-ring (bicyclic) bond motifs is 1. The van der Waals surface area contributed by atoms with Crippen molar-refractivity contribution in [1.82, 2.24) is 0 Å². The molecule has 0 radical (unpaired) electrons. The molecule has 0 saturated heterocycles. The van der Waals surface area contributed by atoms with Crippen molar-refractivity contribution in [3.8, 4) is 0 Å². The molecular formula is C11H15BrO. The molecule has 2 aliphatic rings. The summed E-state index contributed by atoms with van der Waals surface area (Å²) >= 11 is 3.46. The monoisotopic (exact) mass is 242 g/mol. The Morgan fingerprint density at radius 3 is 3.15 bits per heavy atom. The zero-order chi connectivity index (χ0) is 9.31. The lowest BCUT2D eigenvalue weighted by atomic mass is 9.79. The number of allylic oxidation sites excluding steroid dienone is 2. The van der Waals surface area contributed by atoms with Crippen LogP contribution >= 0.6 is 15.9 Å². The lowest BCUT2D eigenvalue weighted by Gasteiger charge is -2.25. The summed E-state index contributed by atoms with van der Waals surface area (Å²) in [5.74, 6) is 0.365. The van der Waals surface area contributed by atoms with Crippen LogP contribution in [0.1, 0.15) is 38.5 Å². The number of halogens is 1. The van der Waals surface area contributed by atoms with Gasteiger partial charge in [-0.2, -0.15) is 0 Å². The van der Waals surface area contributed by atoms with Crippen LogP contribution in [0.25, 0.3) is 0 Å². The molecule has 2 rings (SSSR count). The molecule has 1 nitrogen and oxygen atoms in total. The molecule has 1 atom stereocenters. The van der Waals surface area contributed by atoms with E-state index in [0.29, 0.717) is 11.2 Å². The first kappa shape index (κ1) is 9.45. The van der Waals surface area contributed by atoms with Crippen LogP contribution in [-0.2, 0) is 4.79 Å². The highest BCUT2D eigenvalue weighted by atomic mass is 79.9. The van der Waals surface area contributed by atoms with Gasteiger partial charge in [-0.05, 0) is 43.6 Å². The molecule has 2 aliphatic carbocycles. The van der Waals surface area contributed by atoms with Gasteiger partial charge in [-0.15, -0.1) is 0 Å². The predicted octanol–water partition coefficient (Wildman–Crippen LogP) is 3.23. The van der Waals surface area contributed by atoms with Crippen LogP contribution in [-0.4, -0.2) is 11.1 Å². The summed E-state index contributed by atoms with van der Waals surface area (Å²) in [5, 5.41) is 1.07. The van der Waals surface area contributed by atoms with Crippen molar-refractivity contribution < 1.29 is 4.79 Å². The van der Waals surface area contributed by atoms with E-state index in [1.165, 1.54) is 37.7 Å². The molecule has 0 spiro atoms. The first-order valence-corrected chi connectivity index (χ1v) is 6.19. The van der Waals surface area contributed by atoms with Crippen LogP contribution in [0.2, 0.25) is 0 Å². The number of carbonyl (C=O) groups excluding carboxylic acids is 1. The maximum Gasteiger partial charge on any atom is 0.156 e. The molecule has 0 aliphatic heterocycles. The number of ketones is 1. The molecule has 0 N–H and O–H groups in total. The lowest BCUT2D eigenvalue weighted by Crippen LogP contribution is -2.16. The second-order valence-electron chi connectivity index (χ2n) is 4.24. The Morgan fingerprint density at radius 1 is 1.54 bits per heavy atom. The standard InChI is InChI=1S/C11H15BrO/c12-6-2-5-11-4-1-3-9(11)7-10(13)8-11/h7H,1-6,8H2. The molecule has 72 valence electrons. The molecule has 0 aromatic rings. The number of alkyl halides is 1. The fourth-order valence-corrected chi connectivity index (χ4v) is 3.11. The molecule has 0 aromatic carbocycles. The third kappa shape index (κ3) is 1.61. The summed E-state index contributed by atoms with van der Waals surface area (Å²) in [6, 6.07) is 0. The Balaban J connectivity index is 2.12. The minimum absolute atomic E-state index is 0.310. The van der Waals surface area contributed by atoms with Gasteiger partial charge in [0, 0.05) is 11.8 Å². The Bertz CT molecular complexity index is 257. The maximum absolute atomic E-state index is 11.3. The zero-order valence-corrected chi connectivity index (χ0v) is 9.40. The maximum atomic E-state index is 11.3. The van der Waals surface area contributed by atoms with Gasteiger partial charge in [0.05, 0.1) is 0 Å². The van der Waals surface area contributed by atoms with Gasteiger partial charge in [0.2, 0.25) is 0 Å². The van der Waals surface area contributed by atoms with E-state index in [9.17, 15) is 4.79 Å². The summed E-state index contributed by atoms with van der Waals surface area (Å²) in [4.78, 5) is 11.3. The summed E-state index contributed by atoms with van der Waals surface area (Å²) in [5.41, 5.74) is 1.77. The molecule has 2 heteroatoms. The molecule has 1 fully saturated rings. The largest absolute Gasteiger partial charge is 0.295 e. The van der Waals surface area contributed by atoms with Crippen LogP contribution in [0.3, 0.4) is 0 Å². The number of rotatable bonds is 3. The Labute approximate surface area is 87.7 Å². The van der Waals surface area contributed by atoms with Crippen LogP contribution in [0.5, 0.6) is 0 Å². The van der Waals surface area contributed by atoms with Crippen LogP contribution in [0, 0.1) is 5.41 Å². The van der Waals surface area contributed by atoms with E-state index >= 15 is 0 Å². The highest BCUT2D eigenvalue weighted by molar-refractivity contribution is 9.09. The quantitative estimate of drug-likeness (QED) is 0.695. The fraction of sp³-hybridized carbons (Fsp3) is 0.727. The van der Waals surface area contributed by atoms with Crippen molar-refractivity contribution in [2.45, 2.75) is 38.5 Å². The summed E-state index contributed by atoms with van der Waals surface area (Å²) in [6.45, 7) is 0. The van der Waals surface area contributed by atoms with Crippen molar-refractivity contribution in [1.29, 1.82) is 0 Å². The average Bonchev–Trinajstić information content (AvgIpc) is 2.57. The normalized spacial score (nSPS) is 32.1. The van der Waals surface area contributed by atoms with E-state index < -0.39 is 0 Å². The van der Waals surface area contributed by atoms with Crippen molar-refractivity contribution in [2.75, 3.05) is 5.33 Å². The smallest absolute Gasteiger partial charge is 0.156 e. The average molecular weight is 243 g/mol. The number of carbonyl (C=O) groups is 1. The van der Waals surface area contributed by atoms with E-state index in [0.717, 1.165) is 11.8 Å². The third-order valence-electron chi connectivity index (χ3n) is 3.42. The minimum atomic E-state index is 0.310. The summed E-state index contributed by atoms with van der Waals surface area (Å²) in [6.07, 6.45) is 8.84. The van der Waals surface area contributed by atoms with Crippen molar-refractivity contribution in [2.24, 2.45) is 5.41 Å². The summed E-state index contributed by atoms with van der Waals surface area (Å²) in [7, 11) is 0. The van der Waals surface area contributed by atoms with Gasteiger partial charge in [0.15, 0.2) is 5.78 Å². The second-order valence-corrected chi connectivity index (χ2v) is 5.03. The highest BCUT2D eigenvalue weighted by Gasteiger charge is 2.42. The zero-order valence-electron chi connectivity index (χ0n) is 7.81. The van der Waals surface area contributed by atoms with Gasteiger partial charge < -0.3 is 0 Å². The van der Waals surface area contributed by atoms with E-state index in [-0.39, 0.29) is 0 Å². The number of hydrogen-bond acceptors (Lipinski definition) is 1. The third-order valence-corrected chi connectivity index (χ3v) is 3.98. The molecule has 0 aromatic heterocycles. The lowest BCUT2D eigenvalue weighted by molar-refractivity contribution is -0.115. The molecule has 1 unspecified atom stereocenters. The Kier molecular flexibility index (Phi) is 2.59. The van der Waals surface area contributed by atoms with E-state index in [1.807, 2.05) is 6.08 Å². The van der Waals surface area contributed by atoms with Crippen LogP contribution in [0.15, 0.2) is 11.6 Å². The first-order valence-electron chi connectivity index (χ1n) is 5.07. The van der Waals surface area contributed by atoms with Crippen LogP contribution < -0.4 is 0 Å². The number of hydrogen-bond donors (Lipinski definition) is 0. The predicted molar refractivity (Wildman–Crippen MR) is 57.0 cm³/mol. The van der Waals surface area contributed by atoms with Gasteiger partial charge >= 0.3 is 0 Å². The van der Waals surface area contributed by atoms with E-state index in [1.54, 1.807) is 0 Å². The van der Waals surface area contributed by atoms with Crippen molar-refractivity contribution >= 4 is 21.7 Å². The van der Waals surface area contributed by atoms with Gasteiger partial charge in [-0.25, -0.2) is 0 Å². The van der Waals surface area contributed by atoms with Gasteiger partial charge in [0.1, 0.15) is 0 Å². The molecule has 0 amide bonds. The van der Waals surface area contributed by atoms with E-state index in [2.05, 4.69) is 15.9 Å². The minimum Gasteiger partial charge on any atom is -0.295 e. The topological polar surface area (TPSA) is 17.1 Å². The van der Waals surface area contributed by atoms with Crippen molar-refractivity contribution in [3.63, 3.8) is 0 Å². The molecule has 0 bridgehead atoms. The highest BCUT2D eigenvalue weighted by Crippen LogP contribution is 2.52. The second kappa shape index (κ2) is 3.56. The first-order chi connectivity index (χ1) is 6.27. The Hall–Kier alpha value is -0.110. The molecular weight excluding hydrogens is 228 g/mol.